The van der Waals surface area contributed by atoms with Crippen molar-refractivity contribution in [2.75, 3.05) is 50.4 Å². The van der Waals surface area contributed by atoms with Crippen molar-refractivity contribution in [3.8, 4) is 0 Å². The third kappa shape index (κ3) is 6.46. The standard InChI is InChI=1S/C20H25F6N3O4S/c1-34(31,32)15-5-4-14(16(12-15)28-6-2-3-7-28)13-27-8-10-29(11-9-27)18(30)33-17(19(21,22)23)20(24,25)26/h4-5,12,17H,2-3,6-11,13H2,1H3. The molecule has 2 saturated heterocycles. The fourth-order valence-corrected chi connectivity index (χ4v) is 4.63. The number of rotatable bonds is 5. The highest BCUT2D eigenvalue weighted by Gasteiger charge is 2.60. The zero-order valence-electron chi connectivity index (χ0n) is 18.3. The second-order valence-corrected chi connectivity index (χ2v) is 10.4. The predicted molar refractivity (Wildman–Crippen MR) is 110 cm³/mol. The number of piperazine rings is 1. The van der Waals surface area contributed by atoms with Gasteiger partial charge in [0.2, 0.25) is 0 Å². The Bertz CT molecular complexity index is 971. The molecule has 1 aromatic carbocycles. The molecule has 2 aliphatic rings. The Morgan fingerprint density at radius 2 is 1.53 bits per heavy atom. The van der Waals surface area contributed by atoms with Gasteiger partial charge in [0.15, 0.2) is 9.84 Å². The Balaban J connectivity index is 1.65. The Kier molecular flexibility index (Phi) is 7.60. The van der Waals surface area contributed by atoms with Crippen molar-refractivity contribution in [2.45, 2.75) is 42.7 Å². The van der Waals surface area contributed by atoms with Gasteiger partial charge in [0.05, 0.1) is 4.90 Å². The molecule has 0 bridgehead atoms. The molecule has 192 valence electrons. The summed E-state index contributed by atoms with van der Waals surface area (Å²) in [6, 6.07) is 4.84. The van der Waals surface area contributed by atoms with Gasteiger partial charge in [-0.2, -0.15) is 26.3 Å². The monoisotopic (exact) mass is 517 g/mol. The van der Waals surface area contributed by atoms with Gasteiger partial charge >= 0.3 is 18.4 Å². The van der Waals surface area contributed by atoms with Crippen molar-refractivity contribution in [2.24, 2.45) is 0 Å². The zero-order valence-corrected chi connectivity index (χ0v) is 19.1. The van der Waals surface area contributed by atoms with E-state index in [1.807, 2.05) is 4.90 Å². The molecule has 2 aliphatic heterocycles. The van der Waals surface area contributed by atoms with Crippen LogP contribution in [0.15, 0.2) is 23.1 Å². The van der Waals surface area contributed by atoms with Gasteiger partial charge < -0.3 is 14.5 Å². The lowest BCUT2D eigenvalue weighted by Crippen LogP contribution is -2.52. The van der Waals surface area contributed by atoms with Crippen molar-refractivity contribution in [3.63, 3.8) is 0 Å². The molecule has 0 atom stereocenters. The summed E-state index contributed by atoms with van der Waals surface area (Å²) in [6.45, 7) is 2.12. The van der Waals surface area contributed by atoms with Crippen LogP contribution in [0.2, 0.25) is 0 Å². The summed E-state index contributed by atoms with van der Waals surface area (Å²) >= 11 is 0. The number of carbonyl (C=O) groups excluding carboxylic acids is 1. The minimum atomic E-state index is -5.76. The van der Waals surface area contributed by atoms with Crippen LogP contribution < -0.4 is 4.90 Å². The fraction of sp³-hybridized carbons (Fsp3) is 0.650. The Labute approximate surface area is 193 Å². The van der Waals surface area contributed by atoms with E-state index in [-0.39, 0.29) is 31.1 Å². The van der Waals surface area contributed by atoms with Crippen molar-refractivity contribution in [3.05, 3.63) is 23.8 Å². The van der Waals surface area contributed by atoms with E-state index < -0.39 is 34.4 Å². The summed E-state index contributed by atoms with van der Waals surface area (Å²) in [5, 5.41) is 0. The van der Waals surface area contributed by atoms with E-state index in [9.17, 15) is 39.6 Å². The maximum Gasteiger partial charge on any atom is 0.434 e. The summed E-state index contributed by atoms with van der Waals surface area (Å²) < 4.78 is 104. The van der Waals surface area contributed by atoms with Crippen LogP contribution in [0.1, 0.15) is 18.4 Å². The molecule has 0 unspecified atom stereocenters. The number of hydrogen-bond acceptors (Lipinski definition) is 6. The molecule has 1 amide bonds. The van der Waals surface area contributed by atoms with Crippen LogP contribution in [0, 0.1) is 0 Å². The van der Waals surface area contributed by atoms with Gasteiger partial charge in [-0.3, -0.25) is 4.90 Å². The number of carbonyl (C=O) groups is 1. The number of anilines is 1. The SMILES string of the molecule is CS(=O)(=O)c1ccc(CN2CCN(C(=O)OC(C(F)(F)F)C(F)(F)F)CC2)c(N2CCCC2)c1. The summed E-state index contributed by atoms with van der Waals surface area (Å²) in [4.78, 5) is 16.9. The Morgan fingerprint density at radius 3 is 2.03 bits per heavy atom. The summed E-state index contributed by atoms with van der Waals surface area (Å²) in [5.41, 5.74) is 1.62. The minimum absolute atomic E-state index is 0.109. The number of alkyl halides is 6. The highest BCUT2D eigenvalue weighted by Crippen LogP contribution is 2.36. The number of halogens is 6. The van der Waals surface area contributed by atoms with Crippen molar-refractivity contribution in [1.82, 2.24) is 9.80 Å². The number of hydrogen-bond donors (Lipinski definition) is 0. The van der Waals surface area contributed by atoms with Crippen molar-refractivity contribution in [1.29, 1.82) is 0 Å². The molecule has 0 N–H and O–H groups in total. The number of benzene rings is 1. The first-order valence-electron chi connectivity index (χ1n) is 10.6. The van der Waals surface area contributed by atoms with Crippen molar-refractivity contribution >= 4 is 21.6 Å². The first-order valence-corrected chi connectivity index (χ1v) is 12.4. The lowest BCUT2D eigenvalue weighted by molar-refractivity contribution is -0.308. The van der Waals surface area contributed by atoms with E-state index in [2.05, 4.69) is 9.64 Å². The highest BCUT2D eigenvalue weighted by molar-refractivity contribution is 7.90. The number of ether oxygens (including phenoxy) is 1. The highest BCUT2D eigenvalue weighted by atomic mass is 32.2. The summed E-state index contributed by atoms with van der Waals surface area (Å²) in [6.07, 6.45) is -14.3. The summed E-state index contributed by atoms with van der Waals surface area (Å²) in [7, 11) is -3.41. The molecule has 0 radical (unpaired) electrons. The van der Waals surface area contributed by atoms with Gasteiger partial charge in [0, 0.05) is 57.8 Å². The van der Waals surface area contributed by atoms with E-state index in [1.54, 1.807) is 12.1 Å². The van der Waals surface area contributed by atoms with Crippen LogP contribution in [0.4, 0.5) is 36.8 Å². The first-order chi connectivity index (χ1) is 15.7. The zero-order chi connectivity index (χ0) is 25.3. The second-order valence-electron chi connectivity index (χ2n) is 8.37. The van der Waals surface area contributed by atoms with Gasteiger partial charge in [-0.1, -0.05) is 6.07 Å². The maximum atomic E-state index is 12.7. The number of amides is 1. The summed E-state index contributed by atoms with van der Waals surface area (Å²) in [5.74, 6) is 0. The molecule has 1 aromatic rings. The molecule has 0 spiro atoms. The molecule has 14 heteroatoms. The fourth-order valence-electron chi connectivity index (χ4n) is 3.98. The molecule has 0 aromatic heterocycles. The lowest BCUT2D eigenvalue weighted by Gasteiger charge is -2.36. The average molecular weight is 517 g/mol. The molecular weight excluding hydrogens is 492 g/mol. The predicted octanol–water partition coefficient (Wildman–Crippen LogP) is 3.44. The third-order valence-corrected chi connectivity index (χ3v) is 6.88. The largest absolute Gasteiger partial charge is 0.434 e. The van der Waals surface area contributed by atoms with Crippen molar-refractivity contribution < 1.29 is 44.3 Å². The van der Waals surface area contributed by atoms with Gasteiger partial charge in [0.25, 0.3) is 6.10 Å². The molecule has 34 heavy (non-hydrogen) atoms. The molecule has 3 rings (SSSR count). The average Bonchev–Trinajstić information content (AvgIpc) is 3.25. The van der Waals surface area contributed by atoms with E-state index in [4.69, 9.17) is 0 Å². The van der Waals surface area contributed by atoms with E-state index in [1.165, 1.54) is 6.07 Å². The third-order valence-electron chi connectivity index (χ3n) is 5.77. The Hall–Kier alpha value is -2.22. The van der Waals surface area contributed by atoms with Gasteiger partial charge in [-0.05, 0) is 30.5 Å². The normalized spacial score (nSPS) is 18.6. The van der Waals surface area contributed by atoms with E-state index in [0.717, 1.165) is 48.3 Å². The van der Waals surface area contributed by atoms with Gasteiger partial charge in [-0.15, -0.1) is 0 Å². The molecule has 2 fully saturated rings. The molecule has 0 saturated carbocycles. The maximum absolute atomic E-state index is 12.7. The molecule has 2 heterocycles. The molecule has 0 aliphatic carbocycles. The topological polar surface area (TPSA) is 70.2 Å². The minimum Gasteiger partial charge on any atom is -0.426 e. The van der Waals surface area contributed by atoms with Crippen LogP contribution >= 0.6 is 0 Å². The second kappa shape index (κ2) is 9.80. The van der Waals surface area contributed by atoms with Crippen LogP contribution in [-0.4, -0.2) is 88.3 Å². The lowest BCUT2D eigenvalue weighted by atomic mass is 10.1. The van der Waals surface area contributed by atoms with E-state index in [0.29, 0.717) is 6.54 Å². The van der Waals surface area contributed by atoms with Crippen LogP contribution in [0.3, 0.4) is 0 Å². The smallest absolute Gasteiger partial charge is 0.426 e. The van der Waals surface area contributed by atoms with Gasteiger partial charge in [0.1, 0.15) is 0 Å². The van der Waals surface area contributed by atoms with Crippen LogP contribution in [0.25, 0.3) is 0 Å². The van der Waals surface area contributed by atoms with Crippen LogP contribution in [-0.2, 0) is 21.1 Å². The number of nitrogens with zero attached hydrogens (tertiary/aromatic N) is 3. The molecular formula is C20H25F6N3O4S. The Morgan fingerprint density at radius 1 is 0.971 bits per heavy atom. The van der Waals surface area contributed by atoms with Gasteiger partial charge in [-0.25, -0.2) is 13.2 Å². The quantitative estimate of drug-likeness (QED) is 0.558. The van der Waals surface area contributed by atoms with E-state index >= 15 is 0 Å². The van der Waals surface area contributed by atoms with Crippen LogP contribution in [0.5, 0.6) is 0 Å². The number of sulfone groups is 1. The molecule has 7 nitrogen and oxygen atoms in total. The first kappa shape index (κ1) is 26.4.